The van der Waals surface area contributed by atoms with Gasteiger partial charge in [-0.25, -0.2) is 0 Å². The van der Waals surface area contributed by atoms with Gasteiger partial charge in [0.25, 0.3) is 0 Å². The summed E-state index contributed by atoms with van der Waals surface area (Å²) in [5.74, 6) is 4.49. The second-order valence-corrected chi connectivity index (χ2v) is 11.5. The molecule has 0 aromatic heterocycles. The minimum atomic E-state index is -0.0298. The Morgan fingerprint density at radius 1 is 0.875 bits per heavy atom. The van der Waals surface area contributed by atoms with Gasteiger partial charge < -0.3 is 9.64 Å². The third kappa shape index (κ3) is 2.75. The molecular formula is C29H33NO2. The van der Waals surface area contributed by atoms with Crippen molar-refractivity contribution in [3.63, 3.8) is 0 Å². The number of ether oxygens (including phenoxy) is 1. The molecule has 32 heavy (non-hydrogen) atoms. The van der Waals surface area contributed by atoms with Crippen LogP contribution in [0.15, 0.2) is 42.5 Å². The minimum absolute atomic E-state index is 0.0298. The number of carbonyl (C=O) groups is 1. The number of carbonyl (C=O) groups excluding carboxylic acids is 1. The van der Waals surface area contributed by atoms with Crippen LogP contribution in [0.5, 0.6) is 5.75 Å². The van der Waals surface area contributed by atoms with Gasteiger partial charge in [-0.05, 0) is 115 Å². The second kappa shape index (κ2) is 6.85. The monoisotopic (exact) mass is 427 g/mol. The molecular weight excluding hydrogens is 394 g/mol. The van der Waals surface area contributed by atoms with E-state index in [9.17, 15) is 4.79 Å². The highest BCUT2D eigenvalue weighted by atomic mass is 16.5. The second-order valence-electron chi connectivity index (χ2n) is 11.5. The van der Waals surface area contributed by atoms with Crippen LogP contribution < -0.4 is 4.74 Å². The number of benzene rings is 2. The Labute approximate surface area is 191 Å². The van der Waals surface area contributed by atoms with E-state index in [2.05, 4.69) is 35.2 Å². The van der Waals surface area contributed by atoms with Crippen molar-refractivity contribution < 1.29 is 9.53 Å². The van der Waals surface area contributed by atoms with Gasteiger partial charge >= 0.3 is 0 Å². The predicted octanol–water partition coefficient (Wildman–Crippen LogP) is 6.34. The molecule has 3 nitrogen and oxygen atoms in total. The molecule has 2 aromatic carbocycles. The molecule has 0 N–H and O–H groups in total. The molecule has 1 unspecified atom stereocenters. The van der Waals surface area contributed by atoms with E-state index in [0.717, 1.165) is 42.9 Å². The molecule has 5 aliphatic carbocycles. The van der Waals surface area contributed by atoms with Crippen molar-refractivity contribution in [1.82, 2.24) is 4.90 Å². The zero-order valence-corrected chi connectivity index (χ0v) is 19.1. The standard InChI is InChI=1S/C29H33NO2/c1-32-24-5-2-21(3-6-24)22-4-7-25-23-8-9-30(27(14-23)26(25)13-22)28(31)29-15-18-10-19(16-29)12-20(11-18)17-29/h2-7,13,18-20,23,27H,8-12,14-17H2,1H3/t18?,19?,20?,23-,27?,29?/m1/s1. The van der Waals surface area contributed by atoms with Crippen LogP contribution >= 0.6 is 0 Å². The minimum Gasteiger partial charge on any atom is -0.497 e. The highest BCUT2D eigenvalue weighted by Gasteiger charge is 2.57. The summed E-state index contributed by atoms with van der Waals surface area (Å²) in [6.07, 6.45) is 9.95. The van der Waals surface area contributed by atoms with Crippen molar-refractivity contribution in [3.05, 3.63) is 53.6 Å². The lowest BCUT2D eigenvalue weighted by atomic mass is 9.49. The summed E-state index contributed by atoms with van der Waals surface area (Å²) < 4.78 is 5.33. The summed E-state index contributed by atoms with van der Waals surface area (Å²) in [7, 11) is 1.71. The average Bonchev–Trinajstić information content (AvgIpc) is 3.09. The first-order valence-corrected chi connectivity index (χ1v) is 12.7. The van der Waals surface area contributed by atoms with E-state index in [1.54, 1.807) is 7.11 Å². The molecule has 1 amide bonds. The molecule has 4 saturated carbocycles. The molecule has 3 heteroatoms. The molecule has 1 aliphatic heterocycles. The van der Waals surface area contributed by atoms with E-state index in [1.807, 2.05) is 12.1 Å². The molecule has 2 aromatic rings. The van der Waals surface area contributed by atoms with Gasteiger partial charge in [-0.3, -0.25) is 4.79 Å². The third-order valence-corrected chi connectivity index (χ3v) is 9.66. The largest absolute Gasteiger partial charge is 0.497 e. The average molecular weight is 428 g/mol. The lowest BCUT2D eigenvalue weighted by Gasteiger charge is -2.57. The van der Waals surface area contributed by atoms with Crippen LogP contribution in [0.1, 0.15) is 74.5 Å². The summed E-state index contributed by atoms with van der Waals surface area (Å²) in [5.41, 5.74) is 5.35. The van der Waals surface area contributed by atoms with Crippen molar-refractivity contribution in [1.29, 1.82) is 0 Å². The molecule has 6 bridgehead atoms. The zero-order valence-electron chi connectivity index (χ0n) is 19.1. The normalized spacial score (nSPS) is 36.3. The van der Waals surface area contributed by atoms with Gasteiger partial charge in [-0.1, -0.05) is 24.3 Å². The Morgan fingerprint density at radius 2 is 1.53 bits per heavy atom. The number of hydrogen-bond acceptors (Lipinski definition) is 2. The van der Waals surface area contributed by atoms with Crippen molar-refractivity contribution in [3.8, 4) is 16.9 Å². The molecule has 0 spiro atoms. The smallest absolute Gasteiger partial charge is 0.229 e. The van der Waals surface area contributed by atoms with Crippen LogP contribution in [-0.4, -0.2) is 24.5 Å². The van der Waals surface area contributed by atoms with Crippen molar-refractivity contribution in [2.75, 3.05) is 13.7 Å². The molecule has 1 saturated heterocycles. The van der Waals surface area contributed by atoms with E-state index in [-0.39, 0.29) is 11.5 Å². The van der Waals surface area contributed by atoms with Gasteiger partial charge in [-0.2, -0.15) is 0 Å². The van der Waals surface area contributed by atoms with E-state index < -0.39 is 0 Å². The molecule has 8 rings (SSSR count). The fraction of sp³-hybridized carbons (Fsp3) is 0.552. The topological polar surface area (TPSA) is 29.5 Å². The Kier molecular flexibility index (Phi) is 4.11. The van der Waals surface area contributed by atoms with Crippen LogP contribution in [-0.2, 0) is 4.79 Å². The maximum absolute atomic E-state index is 14.2. The van der Waals surface area contributed by atoms with Gasteiger partial charge in [0, 0.05) is 6.54 Å². The molecule has 1 heterocycles. The van der Waals surface area contributed by atoms with E-state index >= 15 is 0 Å². The Balaban J connectivity index is 1.21. The lowest BCUT2D eigenvalue weighted by Crippen LogP contribution is -2.55. The maximum atomic E-state index is 14.2. The Hall–Kier alpha value is -2.29. The van der Waals surface area contributed by atoms with Crippen LogP contribution in [0.25, 0.3) is 11.1 Å². The molecule has 0 radical (unpaired) electrons. The quantitative estimate of drug-likeness (QED) is 0.572. The summed E-state index contributed by atoms with van der Waals surface area (Å²) in [5, 5.41) is 0. The first-order valence-electron chi connectivity index (χ1n) is 12.7. The predicted molar refractivity (Wildman–Crippen MR) is 125 cm³/mol. The van der Waals surface area contributed by atoms with E-state index in [4.69, 9.17) is 4.74 Å². The first-order chi connectivity index (χ1) is 15.6. The third-order valence-electron chi connectivity index (χ3n) is 9.66. The number of hydrogen-bond donors (Lipinski definition) is 0. The summed E-state index contributed by atoms with van der Waals surface area (Å²) in [6.45, 7) is 0.947. The fourth-order valence-electron chi connectivity index (χ4n) is 8.66. The number of methoxy groups -OCH3 is 1. The van der Waals surface area contributed by atoms with E-state index in [0.29, 0.717) is 11.8 Å². The van der Waals surface area contributed by atoms with E-state index in [1.165, 1.54) is 60.8 Å². The van der Waals surface area contributed by atoms with Gasteiger partial charge in [0.1, 0.15) is 5.75 Å². The summed E-state index contributed by atoms with van der Waals surface area (Å²) >= 11 is 0. The van der Waals surface area contributed by atoms with Gasteiger partial charge in [0.2, 0.25) is 5.91 Å². The number of amides is 1. The SMILES string of the molecule is COc1ccc(-c2ccc3c(c2)C2C[C@H]3CCN2C(=O)C23CC4CC(CC(C4)C2)C3)cc1. The molecule has 166 valence electrons. The van der Waals surface area contributed by atoms with Crippen molar-refractivity contribution >= 4 is 5.91 Å². The Bertz CT molecular complexity index is 1040. The molecule has 5 fully saturated rings. The molecule has 2 atom stereocenters. The van der Waals surface area contributed by atoms with Crippen LogP contribution in [0.4, 0.5) is 0 Å². The van der Waals surface area contributed by atoms with Crippen molar-refractivity contribution in [2.24, 2.45) is 23.2 Å². The highest BCUT2D eigenvalue weighted by Crippen LogP contribution is 2.62. The van der Waals surface area contributed by atoms with Crippen LogP contribution in [0.3, 0.4) is 0 Å². The van der Waals surface area contributed by atoms with Crippen molar-refractivity contribution in [2.45, 2.75) is 63.3 Å². The Morgan fingerprint density at radius 3 is 2.19 bits per heavy atom. The number of rotatable bonds is 3. The fourth-order valence-corrected chi connectivity index (χ4v) is 8.66. The van der Waals surface area contributed by atoms with Gasteiger partial charge in [-0.15, -0.1) is 0 Å². The first kappa shape index (κ1) is 19.2. The lowest BCUT2D eigenvalue weighted by molar-refractivity contribution is -0.161. The number of nitrogens with zero attached hydrogens (tertiary/aromatic N) is 1. The number of piperidine rings is 1. The van der Waals surface area contributed by atoms with Gasteiger partial charge in [0.15, 0.2) is 0 Å². The summed E-state index contributed by atoms with van der Waals surface area (Å²) in [4.78, 5) is 16.5. The van der Waals surface area contributed by atoms with Crippen LogP contribution in [0.2, 0.25) is 0 Å². The van der Waals surface area contributed by atoms with Gasteiger partial charge in [0.05, 0.1) is 18.6 Å². The number of fused-ring (bicyclic) bond motifs is 5. The van der Waals surface area contributed by atoms with Crippen LogP contribution in [0, 0.1) is 23.2 Å². The number of likely N-dealkylation sites (tertiary alicyclic amines) is 1. The summed E-state index contributed by atoms with van der Waals surface area (Å²) in [6, 6.07) is 15.6. The zero-order chi connectivity index (χ0) is 21.4. The molecule has 6 aliphatic rings. The maximum Gasteiger partial charge on any atom is 0.229 e. The highest BCUT2D eigenvalue weighted by molar-refractivity contribution is 5.84.